The van der Waals surface area contributed by atoms with E-state index in [1.807, 2.05) is 18.2 Å². The molecule has 0 radical (unpaired) electrons. The Morgan fingerprint density at radius 3 is 1.45 bits per heavy atom. The van der Waals surface area contributed by atoms with Crippen LogP contribution in [0.5, 0.6) is 0 Å². The molecule has 1 aliphatic heterocycles. The second kappa shape index (κ2) is 21.5. The first-order valence-electron chi connectivity index (χ1n) is 9.36. The first-order valence-corrected chi connectivity index (χ1v) is 10.7. The van der Waals surface area contributed by atoms with Gasteiger partial charge in [-0.25, -0.2) is 0 Å². The number of allylic oxidation sites excluding steroid dienone is 1. The van der Waals surface area contributed by atoms with E-state index < -0.39 is 8.07 Å². The molecule has 1 unspecified atom stereocenters. The predicted molar refractivity (Wildman–Crippen MR) is 121 cm³/mol. The third-order valence-electron chi connectivity index (χ3n) is 4.03. The van der Waals surface area contributed by atoms with Crippen molar-refractivity contribution in [2.24, 2.45) is 0 Å². The van der Waals surface area contributed by atoms with Crippen LogP contribution in [0.4, 0.5) is 0 Å². The number of hydrogen-bond acceptors (Lipinski definition) is 1. The Bertz CT molecular complexity index is 937. The molecule has 3 rings (SSSR count). The molecule has 0 bridgehead atoms. The smallest absolute Gasteiger partial charge is 0 e. The van der Waals surface area contributed by atoms with E-state index in [1.54, 1.807) is 0 Å². The van der Waals surface area contributed by atoms with Gasteiger partial charge in [-0.1, -0.05) is 60.4 Å². The number of hydrogen-bond donors (Lipinski definition) is 0. The molecule has 1 heterocycles. The molecule has 0 amide bonds. The summed E-state index contributed by atoms with van der Waals surface area (Å²) in [5, 5.41) is 2.79. The summed E-state index contributed by atoms with van der Waals surface area (Å²) in [5.41, 5.74) is 2.41. The molecule has 0 aliphatic carbocycles. The van der Waals surface area contributed by atoms with Crippen molar-refractivity contribution in [2.75, 3.05) is 0 Å². The SMILES string of the molecule is CC(C)N(C(C)C)P1C(C#Cc2ccccc2)=C1c1ccccc1.[C-]#[O+].[C-]#[O+].[C-]#[O+].[C-]#[O+].[Fe]. The standard InChI is InChI=1S/C22H24NP.4CO.Fe/c1-17(2)23(18(3)4)24-21(16-15-19-11-7-5-8-12-19)22(24)20-13-9-6-10-14-20;4*1-2;/h5-14,17-18H,1-4H3;;;;;. The Morgan fingerprint density at radius 1 is 0.667 bits per heavy atom. The molecule has 1 atom stereocenters. The summed E-state index contributed by atoms with van der Waals surface area (Å²) >= 11 is 0. The van der Waals surface area contributed by atoms with Crippen LogP contribution in [0.1, 0.15) is 38.8 Å². The van der Waals surface area contributed by atoms with Crippen molar-refractivity contribution >= 4 is 13.4 Å². The molecule has 1 aliphatic rings. The predicted octanol–water partition coefficient (Wildman–Crippen LogP) is 5.78. The molecule has 0 fully saturated rings. The molecule has 0 N–H and O–H groups in total. The van der Waals surface area contributed by atoms with Crippen LogP contribution in [0.15, 0.2) is 66.0 Å². The maximum Gasteiger partial charge on any atom is 0 e. The van der Waals surface area contributed by atoms with Crippen molar-refractivity contribution in [1.29, 1.82) is 0 Å². The Kier molecular flexibility index (Phi) is 22.9. The summed E-state index contributed by atoms with van der Waals surface area (Å²) in [6, 6.07) is 22.0. The van der Waals surface area contributed by atoms with E-state index in [4.69, 9.17) is 18.6 Å². The van der Waals surface area contributed by atoms with Gasteiger partial charge >= 0.3 is 45.2 Å². The average Bonchev–Trinajstić information content (AvgIpc) is 3.56. The van der Waals surface area contributed by atoms with Crippen LogP contribution >= 0.6 is 8.07 Å². The zero-order valence-corrected chi connectivity index (χ0v) is 20.8. The monoisotopic (exact) mass is 501 g/mol. The summed E-state index contributed by atoms with van der Waals surface area (Å²) in [6.07, 6.45) is 0. The fourth-order valence-corrected chi connectivity index (χ4v) is 5.64. The summed E-state index contributed by atoms with van der Waals surface area (Å²) in [7, 11) is -0.399. The van der Waals surface area contributed by atoms with E-state index in [0.29, 0.717) is 12.1 Å². The van der Waals surface area contributed by atoms with Crippen LogP contribution in [-0.4, -0.2) is 16.8 Å². The van der Waals surface area contributed by atoms with E-state index >= 15 is 0 Å². The van der Waals surface area contributed by atoms with E-state index in [1.165, 1.54) is 16.2 Å². The van der Waals surface area contributed by atoms with E-state index in [-0.39, 0.29) is 17.1 Å². The first kappa shape index (κ1) is 35.2. The molecule has 0 aromatic heterocycles. The van der Waals surface area contributed by atoms with Crippen LogP contribution in [0.3, 0.4) is 0 Å². The fourth-order valence-electron chi connectivity index (χ4n) is 3.07. The minimum atomic E-state index is -0.399. The molecule has 5 nitrogen and oxygen atoms in total. The molecule has 33 heavy (non-hydrogen) atoms. The van der Waals surface area contributed by atoms with Crippen LogP contribution in [0, 0.1) is 38.4 Å². The summed E-state index contributed by atoms with van der Waals surface area (Å²) in [6.45, 7) is 27.1. The van der Waals surface area contributed by atoms with Gasteiger partial charge in [-0.3, -0.25) is 4.67 Å². The van der Waals surface area contributed by atoms with Gasteiger partial charge < -0.3 is 0 Å². The zero-order chi connectivity index (χ0) is 25.1. The van der Waals surface area contributed by atoms with Gasteiger partial charge in [0.1, 0.15) is 0 Å². The minimum absolute atomic E-state index is 0. The van der Waals surface area contributed by atoms with Gasteiger partial charge in [-0.15, -0.1) is 0 Å². The molecule has 170 valence electrons. The van der Waals surface area contributed by atoms with Crippen molar-refractivity contribution in [2.45, 2.75) is 39.8 Å². The molecule has 2 aromatic rings. The van der Waals surface area contributed by atoms with Crippen molar-refractivity contribution in [3.63, 3.8) is 0 Å². The summed E-state index contributed by atoms with van der Waals surface area (Å²) in [5.74, 6) is 6.83. The number of benzene rings is 2. The largest absolute Gasteiger partial charge is 0 e. The van der Waals surface area contributed by atoms with E-state index in [2.05, 4.69) is 113 Å². The Balaban J connectivity index is -0.000000905. The first-order chi connectivity index (χ1) is 15.6. The molecular formula is C26H24FeNO4P. The van der Waals surface area contributed by atoms with Gasteiger partial charge in [0.05, 0.1) is 5.31 Å². The van der Waals surface area contributed by atoms with Gasteiger partial charge in [0.25, 0.3) is 0 Å². The van der Waals surface area contributed by atoms with Gasteiger partial charge in [-0.05, 0) is 45.4 Å². The van der Waals surface area contributed by atoms with Crippen molar-refractivity contribution in [1.82, 2.24) is 4.67 Å². The van der Waals surface area contributed by atoms with Crippen LogP contribution in [0.25, 0.3) is 5.31 Å². The maximum atomic E-state index is 7.50. The molecule has 0 spiro atoms. The third kappa shape index (κ3) is 11.3. The van der Waals surface area contributed by atoms with E-state index in [9.17, 15) is 0 Å². The molecular weight excluding hydrogens is 477 g/mol. The topological polar surface area (TPSA) is 82.8 Å². The molecule has 2 aromatic carbocycles. The Morgan fingerprint density at radius 2 is 1.06 bits per heavy atom. The quantitative estimate of drug-likeness (QED) is 0.172. The second-order valence-electron chi connectivity index (χ2n) is 6.56. The van der Waals surface area contributed by atoms with Crippen molar-refractivity contribution < 1.29 is 35.7 Å². The van der Waals surface area contributed by atoms with Gasteiger partial charge in [0.2, 0.25) is 0 Å². The zero-order valence-electron chi connectivity index (χ0n) is 18.8. The molecule has 7 heteroatoms. The fraction of sp³-hybridized carbons (Fsp3) is 0.231. The van der Waals surface area contributed by atoms with Gasteiger partial charge in [-0.2, -0.15) is 0 Å². The van der Waals surface area contributed by atoms with Crippen molar-refractivity contribution in [3.05, 3.63) is 104 Å². The number of rotatable bonds is 4. The summed E-state index contributed by atoms with van der Waals surface area (Å²) in [4.78, 5) is 0. The molecule has 0 saturated carbocycles. The average molecular weight is 501 g/mol. The minimum Gasteiger partial charge on any atom is 0 e. The van der Waals surface area contributed by atoms with Crippen LogP contribution in [0.2, 0.25) is 0 Å². The van der Waals surface area contributed by atoms with Gasteiger partial charge in [0, 0.05) is 48.1 Å². The normalized spacial score (nSPS) is 12.3. The Hall–Kier alpha value is -2.39. The van der Waals surface area contributed by atoms with Crippen molar-refractivity contribution in [3.8, 4) is 11.8 Å². The Labute approximate surface area is 208 Å². The van der Waals surface area contributed by atoms with Crippen LogP contribution in [-0.2, 0) is 35.7 Å². The summed E-state index contributed by atoms with van der Waals surface area (Å²) < 4.78 is 32.6. The molecule has 0 saturated heterocycles. The maximum absolute atomic E-state index is 7.50. The second-order valence-corrected chi connectivity index (χ2v) is 8.54. The van der Waals surface area contributed by atoms with Gasteiger partial charge in [0.15, 0.2) is 0 Å². The van der Waals surface area contributed by atoms with E-state index in [0.717, 1.165) is 5.56 Å². The number of nitrogens with zero attached hydrogens (tertiary/aromatic N) is 1. The van der Waals surface area contributed by atoms with Crippen LogP contribution < -0.4 is 0 Å². The third-order valence-corrected chi connectivity index (χ3v) is 6.86.